The number of carbonyl (C=O) groups is 1. The molecule has 1 aromatic carbocycles. The summed E-state index contributed by atoms with van der Waals surface area (Å²) in [6.45, 7) is 4.29. The molecule has 1 aliphatic rings. The summed E-state index contributed by atoms with van der Waals surface area (Å²) < 4.78 is 0.832. The number of benzene rings is 1. The van der Waals surface area contributed by atoms with E-state index in [1.807, 2.05) is 12.1 Å². The van der Waals surface area contributed by atoms with E-state index >= 15 is 0 Å². The molecule has 1 aromatic rings. The monoisotopic (exact) mass is 358 g/mol. The molecule has 0 radical (unpaired) electrons. The Labute approximate surface area is 133 Å². The van der Waals surface area contributed by atoms with E-state index in [1.54, 1.807) is 6.07 Å². The molecule has 2 rings (SSSR count). The summed E-state index contributed by atoms with van der Waals surface area (Å²) in [5.74, 6) is 1.05. The number of amides is 1. The Morgan fingerprint density at radius 3 is 3.05 bits per heavy atom. The van der Waals surface area contributed by atoms with E-state index in [-0.39, 0.29) is 5.91 Å². The minimum absolute atomic E-state index is 0.0569. The molecule has 0 bridgehead atoms. The lowest BCUT2D eigenvalue weighted by Gasteiger charge is -2.28. The number of carbonyl (C=O) groups excluding carboxylic acids is 1. The molecule has 0 aliphatic carbocycles. The maximum Gasteiger partial charge on any atom is 0.224 e. The molecule has 20 heavy (non-hydrogen) atoms. The smallest absolute Gasteiger partial charge is 0.224 e. The van der Waals surface area contributed by atoms with Gasteiger partial charge in [0.1, 0.15) is 0 Å². The zero-order valence-corrected chi connectivity index (χ0v) is 13.9. The van der Waals surface area contributed by atoms with Gasteiger partial charge in [0.2, 0.25) is 5.91 Å². The Kier molecular flexibility index (Phi) is 5.87. The van der Waals surface area contributed by atoms with Crippen LogP contribution in [0.4, 0.5) is 5.69 Å². The van der Waals surface area contributed by atoms with Gasteiger partial charge in [0.05, 0.1) is 5.02 Å². The van der Waals surface area contributed by atoms with Crippen LogP contribution in [0.1, 0.15) is 26.2 Å². The Morgan fingerprint density at radius 2 is 2.40 bits per heavy atom. The largest absolute Gasteiger partial charge is 0.326 e. The third-order valence-electron chi connectivity index (χ3n) is 3.85. The number of halogens is 2. The Hall–Kier alpha value is -0.580. The summed E-state index contributed by atoms with van der Waals surface area (Å²) in [7, 11) is 0. The molecule has 110 valence electrons. The first kappa shape index (κ1) is 15.8. The van der Waals surface area contributed by atoms with E-state index in [9.17, 15) is 4.79 Å². The standard InChI is InChI=1S/C15H20BrClN2O/c1-10(11-3-2-6-18-9-11)7-15(20)19-12-4-5-13(16)14(17)8-12/h4-5,8,10-11,18H,2-3,6-7,9H2,1H3,(H,19,20). The van der Waals surface area contributed by atoms with Crippen molar-refractivity contribution in [2.75, 3.05) is 18.4 Å². The Bertz CT molecular complexity index is 475. The van der Waals surface area contributed by atoms with Gasteiger partial charge in [0.25, 0.3) is 0 Å². The predicted molar refractivity (Wildman–Crippen MR) is 87.2 cm³/mol. The molecule has 1 saturated heterocycles. The molecular formula is C15H20BrClN2O. The maximum absolute atomic E-state index is 12.1. The van der Waals surface area contributed by atoms with Crippen molar-refractivity contribution in [2.24, 2.45) is 11.8 Å². The molecule has 2 N–H and O–H groups in total. The fourth-order valence-electron chi connectivity index (χ4n) is 2.61. The first-order valence-electron chi connectivity index (χ1n) is 7.02. The average Bonchev–Trinajstić information content (AvgIpc) is 2.44. The molecule has 5 heteroatoms. The van der Waals surface area contributed by atoms with Crippen molar-refractivity contribution < 1.29 is 4.79 Å². The molecule has 0 aromatic heterocycles. The summed E-state index contributed by atoms with van der Waals surface area (Å²) in [5.41, 5.74) is 0.747. The van der Waals surface area contributed by atoms with Gasteiger partial charge < -0.3 is 10.6 Å². The van der Waals surface area contributed by atoms with Crippen molar-refractivity contribution >= 4 is 39.1 Å². The van der Waals surface area contributed by atoms with Gasteiger partial charge in [0.15, 0.2) is 0 Å². The first-order chi connectivity index (χ1) is 9.56. The van der Waals surface area contributed by atoms with Gasteiger partial charge in [-0.2, -0.15) is 0 Å². The van der Waals surface area contributed by atoms with Gasteiger partial charge in [0, 0.05) is 16.6 Å². The van der Waals surface area contributed by atoms with Crippen LogP contribution in [0.25, 0.3) is 0 Å². The lowest BCUT2D eigenvalue weighted by Crippen LogP contribution is -2.34. The third kappa shape index (κ3) is 4.47. The van der Waals surface area contributed by atoms with E-state index in [2.05, 4.69) is 33.5 Å². The van der Waals surface area contributed by atoms with E-state index in [4.69, 9.17) is 11.6 Å². The quantitative estimate of drug-likeness (QED) is 0.851. The van der Waals surface area contributed by atoms with E-state index < -0.39 is 0 Å². The van der Waals surface area contributed by atoms with Crippen LogP contribution < -0.4 is 10.6 Å². The molecule has 0 spiro atoms. The summed E-state index contributed by atoms with van der Waals surface area (Å²) >= 11 is 9.35. The summed E-state index contributed by atoms with van der Waals surface area (Å²) in [6.07, 6.45) is 2.98. The summed E-state index contributed by atoms with van der Waals surface area (Å²) in [6, 6.07) is 5.45. The highest BCUT2D eigenvalue weighted by molar-refractivity contribution is 9.10. The zero-order valence-electron chi connectivity index (χ0n) is 11.6. The second-order valence-corrected chi connectivity index (χ2v) is 6.73. The molecule has 0 saturated carbocycles. The minimum atomic E-state index is 0.0569. The van der Waals surface area contributed by atoms with Gasteiger partial charge in [-0.3, -0.25) is 4.79 Å². The lowest BCUT2D eigenvalue weighted by molar-refractivity contribution is -0.117. The third-order valence-corrected chi connectivity index (χ3v) is 5.08. The number of hydrogen-bond acceptors (Lipinski definition) is 2. The summed E-state index contributed by atoms with van der Waals surface area (Å²) in [4.78, 5) is 12.1. The van der Waals surface area contributed by atoms with E-state index in [1.165, 1.54) is 12.8 Å². The molecule has 1 amide bonds. The van der Waals surface area contributed by atoms with Crippen LogP contribution >= 0.6 is 27.5 Å². The predicted octanol–water partition coefficient (Wildman–Crippen LogP) is 4.07. The molecule has 3 nitrogen and oxygen atoms in total. The van der Waals surface area contributed by atoms with Gasteiger partial charge in [-0.25, -0.2) is 0 Å². The number of hydrogen-bond donors (Lipinski definition) is 2. The first-order valence-corrected chi connectivity index (χ1v) is 8.19. The Morgan fingerprint density at radius 1 is 1.60 bits per heavy atom. The van der Waals surface area contributed by atoms with Gasteiger partial charge in [-0.1, -0.05) is 18.5 Å². The van der Waals surface area contributed by atoms with E-state index in [0.717, 1.165) is 23.2 Å². The number of nitrogens with one attached hydrogen (secondary N) is 2. The summed E-state index contributed by atoms with van der Waals surface area (Å²) in [5, 5.41) is 6.92. The van der Waals surface area contributed by atoms with Crippen LogP contribution in [0, 0.1) is 11.8 Å². The number of rotatable bonds is 4. The van der Waals surface area contributed by atoms with Gasteiger partial charge in [-0.05, 0) is 71.9 Å². The van der Waals surface area contributed by atoms with Crippen LogP contribution in [0.3, 0.4) is 0 Å². The Balaban J connectivity index is 1.86. The zero-order chi connectivity index (χ0) is 14.5. The second kappa shape index (κ2) is 7.43. The fraction of sp³-hybridized carbons (Fsp3) is 0.533. The lowest BCUT2D eigenvalue weighted by atomic mass is 9.85. The van der Waals surface area contributed by atoms with Crippen LogP contribution in [0.2, 0.25) is 5.02 Å². The van der Waals surface area contributed by atoms with Gasteiger partial charge in [-0.15, -0.1) is 0 Å². The normalized spacial score (nSPS) is 20.4. The van der Waals surface area contributed by atoms with Crippen molar-refractivity contribution in [3.8, 4) is 0 Å². The van der Waals surface area contributed by atoms with Crippen LogP contribution in [-0.4, -0.2) is 19.0 Å². The van der Waals surface area contributed by atoms with Crippen LogP contribution in [-0.2, 0) is 4.79 Å². The molecule has 1 heterocycles. The molecule has 1 fully saturated rings. The molecule has 1 aliphatic heterocycles. The van der Waals surface area contributed by atoms with Crippen molar-refractivity contribution in [1.29, 1.82) is 0 Å². The molecule has 2 atom stereocenters. The molecule has 2 unspecified atom stereocenters. The van der Waals surface area contributed by atoms with Crippen molar-refractivity contribution in [2.45, 2.75) is 26.2 Å². The number of piperidine rings is 1. The van der Waals surface area contributed by atoms with Gasteiger partial charge >= 0.3 is 0 Å². The highest BCUT2D eigenvalue weighted by Gasteiger charge is 2.22. The van der Waals surface area contributed by atoms with Crippen LogP contribution in [0.5, 0.6) is 0 Å². The van der Waals surface area contributed by atoms with Crippen molar-refractivity contribution in [3.63, 3.8) is 0 Å². The minimum Gasteiger partial charge on any atom is -0.326 e. The van der Waals surface area contributed by atoms with Crippen LogP contribution in [0.15, 0.2) is 22.7 Å². The second-order valence-electron chi connectivity index (χ2n) is 5.46. The topological polar surface area (TPSA) is 41.1 Å². The maximum atomic E-state index is 12.1. The van der Waals surface area contributed by atoms with E-state index in [0.29, 0.717) is 23.3 Å². The SMILES string of the molecule is CC(CC(=O)Nc1ccc(Br)c(Cl)c1)C1CCCNC1. The highest BCUT2D eigenvalue weighted by atomic mass is 79.9. The fourth-order valence-corrected chi connectivity index (χ4v) is 3.04. The number of anilines is 1. The average molecular weight is 360 g/mol. The van der Waals surface area contributed by atoms with Crippen molar-refractivity contribution in [1.82, 2.24) is 5.32 Å². The molecular weight excluding hydrogens is 340 g/mol. The highest BCUT2D eigenvalue weighted by Crippen LogP contribution is 2.26. The van der Waals surface area contributed by atoms with Crippen molar-refractivity contribution in [3.05, 3.63) is 27.7 Å².